The first-order valence-corrected chi connectivity index (χ1v) is 6.49. The molecule has 1 nitrogen and oxygen atoms in total. The van der Waals surface area contributed by atoms with E-state index in [1.807, 2.05) is 24.3 Å². The van der Waals surface area contributed by atoms with Crippen molar-refractivity contribution < 1.29 is 4.57 Å². The highest BCUT2D eigenvalue weighted by Crippen LogP contribution is 2.11. The van der Waals surface area contributed by atoms with E-state index in [1.165, 1.54) is 11.3 Å². The predicted molar refractivity (Wildman–Crippen MR) is 77.4 cm³/mol. The first-order valence-electron chi connectivity index (χ1n) is 6.11. The molecule has 0 N–H and O–H groups in total. The fourth-order valence-corrected chi connectivity index (χ4v) is 1.94. The van der Waals surface area contributed by atoms with Crippen molar-refractivity contribution in [2.75, 3.05) is 0 Å². The van der Waals surface area contributed by atoms with E-state index in [-0.39, 0.29) is 0 Å². The molecule has 0 aliphatic rings. The zero-order chi connectivity index (χ0) is 13.0. The second-order valence-electron chi connectivity index (χ2n) is 4.31. The monoisotopic (exact) mass is 258 g/mol. The lowest BCUT2D eigenvalue weighted by Gasteiger charge is -1.98. The summed E-state index contributed by atoms with van der Waals surface area (Å²) in [6.45, 7) is 2.17. The second-order valence-corrected chi connectivity index (χ2v) is 4.75. The van der Waals surface area contributed by atoms with Gasteiger partial charge in [-0.05, 0) is 36.3 Å². The Morgan fingerprint density at radius 3 is 2.39 bits per heavy atom. The Balaban J connectivity index is 2.20. The Labute approximate surface area is 113 Å². The highest BCUT2D eigenvalue weighted by Gasteiger charge is 2.03. The van der Waals surface area contributed by atoms with Crippen molar-refractivity contribution in [3.63, 3.8) is 0 Å². The van der Waals surface area contributed by atoms with Crippen LogP contribution in [0.5, 0.6) is 0 Å². The minimum atomic E-state index is 0.769. The van der Waals surface area contributed by atoms with Crippen LogP contribution in [0.3, 0.4) is 0 Å². The van der Waals surface area contributed by atoms with Gasteiger partial charge >= 0.3 is 0 Å². The van der Waals surface area contributed by atoms with Crippen molar-refractivity contribution in [1.29, 1.82) is 0 Å². The summed E-state index contributed by atoms with van der Waals surface area (Å²) in [5, 5.41) is 0.769. The van der Waals surface area contributed by atoms with Gasteiger partial charge in [0, 0.05) is 22.7 Å². The van der Waals surface area contributed by atoms with E-state index in [0.717, 1.165) is 17.0 Å². The summed E-state index contributed by atoms with van der Waals surface area (Å²) < 4.78 is 2.14. The first-order chi connectivity index (χ1) is 8.69. The highest BCUT2D eigenvalue weighted by atomic mass is 35.5. The molecule has 0 radical (unpaired) electrons. The van der Waals surface area contributed by atoms with Crippen molar-refractivity contribution in [3.05, 3.63) is 64.4 Å². The Kier molecular flexibility index (Phi) is 4.16. The van der Waals surface area contributed by atoms with Gasteiger partial charge in [0.1, 0.15) is 7.05 Å². The average molecular weight is 259 g/mol. The van der Waals surface area contributed by atoms with Gasteiger partial charge < -0.3 is 0 Å². The summed E-state index contributed by atoms with van der Waals surface area (Å²) in [6, 6.07) is 12.1. The molecule has 0 bridgehead atoms. The zero-order valence-electron chi connectivity index (χ0n) is 10.7. The van der Waals surface area contributed by atoms with Crippen molar-refractivity contribution in [3.8, 4) is 0 Å². The number of nitrogens with zero attached hydrogens (tertiary/aromatic N) is 1. The average Bonchev–Trinajstić information content (AvgIpc) is 2.39. The molecule has 92 valence electrons. The third-order valence-corrected chi connectivity index (χ3v) is 3.21. The molecule has 2 rings (SSSR count). The molecule has 0 atom stereocenters. The molecular weight excluding hydrogens is 242 g/mol. The number of rotatable bonds is 3. The second kappa shape index (κ2) is 5.83. The maximum atomic E-state index is 5.86. The molecule has 0 amide bonds. The van der Waals surface area contributed by atoms with E-state index in [9.17, 15) is 0 Å². The molecule has 18 heavy (non-hydrogen) atoms. The molecule has 0 aliphatic heterocycles. The molecule has 0 unspecified atom stereocenters. The van der Waals surface area contributed by atoms with Gasteiger partial charge in [0.2, 0.25) is 5.69 Å². The first kappa shape index (κ1) is 12.8. The van der Waals surface area contributed by atoms with Crippen molar-refractivity contribution in [1.82, 2.24) is 0 Å². The highest BCUT2D eigenvalue weighted by molar-refractivity contribution is 6.30. The summed E-state index contributed by atoms with van der Waals surface area (Å²) in [4.78, 5) is 0. The molecule has 0 fully saturated rings. The summed E-state index contributed by atoms with van der Waals surface area (Å²) >= 11 is 5.86. The number of halogens is 1. The van der Waals surface area contributed by atoms with Gasteiger partial charge in [0.15, 0.2) is 6.20 Å². The maximum absolute atomic E-state index is 5.86. The Morgan fingerprint density at radius 1 is 1.06 bits per heavy atom. The summed E-state index contributed by atoms with van der Waals surface area (Å²) in [5.41, 5.74) is 3.68. The van der Waals surface area contributed by atoms with Crippen molar-refractivity contribution in [2.45, 2.75) is 13.3 Å². The number of hydrogen-bond donors (Lipinski definition) is 0. The van der Waals surface area contributed by atoms with Gasteiger partial charge in [-0.3, -0.25) is 0 Å². The topological polar surface area (TPSA) is 3.88 Å². The molecule has 1 aromatic carbocycles. The van der Waals surface area contributed by atoms with Gasteiger partial charge in [0.05, 0.1) is 0 Å². The lowest BCUT2D eigenvalue weighted by atomic mass is 10.1. The normalized spacial score (nSPS) is 11.1. The van der Waals surface area contributed by atoms with E-state index in [0.29, 0.717) is 0 Å². The summed E-state index contributed by atoms with van der Waals surface area (Å²) in [5.74, 6) is 0. The van der Waals surface area contributed by atoms with Crippen LogP contribution >= 0.6 is 11.6 Å². The van der Waals surface area contributed by atoms with Crippen LogP contribution in [-0.4, -0.2) is 0 Å². The maximum Gasteiger partial charge on any atom is 0.204 e. The molecule has 0 saturated carbocycles. The smallest absolute Gasteiger partial charge is 0.201 e. The third kappa shape index (κ3) is 3.21. The number of hydrogen-bond acceptors (Lipinski definition) is 0. The van der Waals surface area contributed by atoms with Crippen LogP contribution < -0.4 is 4.57 Å². The zero-order valence-corrected chi connectivity index (χ0v) is 11.5. The molecule has 2 heteroatoms. The van der Waals surface area contributed by atoms with E-state index in [1.54, 1.807) is 0 Å². The molecule has 0 spiro atoms. The van der Waals surface area contributed by atoms with E-state index in [4.69, 9.17) is 11.6 Å². The van der Waals surface area contributed by atoms with Gasteiger partial charge in [0.25, 0.3) is 0 Å². The van der Waals surface area contributed by atoms with Gasteiger partial charge in [-0.2, -0.15) is 0 Å². The standard InChI is InChI=1S/C16H17ClN/c1-3-13-6-10-16(18(2)12-13)11-7-14-4-8-15(17)9-5-14/h4-12H,3H2,1-2H3/q+1/b11-7+. The third-order valence-electron chi connectivity index (χ3n) is 2.96. The molecule has 2 aromatic rings. The van der Waals surface area contributed by atoms with Gasteiger partial charge in [-0.1, -0.05) is 30.7 Å². The lowest BCUT2D eigenvalue weighted by Crippen LogP contribution is -2.31. The van der Waals surface area contributed by atoms with Crippen LogP contribution in [0.25, 0.3) is 12.2 Å². The summed E-state index contributed by atoms with van der Waals surface area (Å²) in [7, 11) is 2.07. The van der Waals surface area contributed by atoms with E-state index >= 15 is 0 Å². The van der Waals surface area contributed by atoms with Crippen LogP contribution in [0.2, 0.25) is 5.02 Å². The largest absolute Gasteiger partial charge is 0.204 e. The molecular formula is C16H17ClN+. The van der Waals surface area contributed by atoms with Gasteiger partial charge in [-0.25, -0.2) is 4.57 Å². The Morgan fingerprint density at radius 2 is 1.78 bits per heavy atom. The SMILES string of the molecule is CCc1ccc(/C=C/c2ccc(Cl)cc2)[n+](C)c1. The van der Waals surface area contributed by atoms with Crippen LogP contribution in [0.4, 0.5) is 0 Å². The quantitative estimate of drug-likeness (QED) is 0.736. The lowest BCUT2D eigenvalue weighted by molar-refractivity contribution is -0.673. The van der Waals surface area contributed by atoms with E-state index < -0.39 is 0 Å². The molecule has 1 aromatic heterocycles. The number of benzene rings is 1. The van der Waals surface area contributed by atoms with Crippen LogP contribution in [-0.2, 0) is 13.5 Å². The number of aromatic nitrogens is 1. The van der Waals surface area contributed by atoms with Crippen molar-refractivity contribution >= 4 is 23.8 Å². The van der Waals surface area contributed by atoms with Crippen LogP contribution in [0.1, 0.15) is 23.7 Å². The fraction of sp³-hybridized carbons (Fsp3) is 0.188. The van der Waals surface area contributed by atoms with Crippen molar-refractivity contribution in [2.24, 2.45) is 7.05 Å². The fourth-order valence-electron chi connectivity index (χ4n) is 1.81. The molecule has 0 aliphatic carbocycles. The van der Waals surface area contributed by atoms with Crippen LogP contribution in [0, 0.1) is 0 Å². The predicted octanol–water partition coefficient (Wildman–Crippen LogP) is 3.90. The Bertz CT molecular complexity index is 556. The number of pyridine rings is 1. The van der Waals surface area contributed by atoms with Gasteiger partial charge in [-0.15, -0.1) is 0 Å². The number of aryl methyl sites for hydroxylation is 2. The molecule has 1 heterocycles. The minimum Gasteiger partial charge on any atom is -0.201 e. The minimum absolute atomic E-state index is 0.769. The summed E-state index contributed by atoms with van der Waals surface area (Å²) in [6.07, 6.45) is 7.44. The van der Waals surface area contributed by atoms with E-state index in [2.05, 4.69) is 49.0 Å². The Hall–Kier alpha value is -1.60. The molecule has 0 saturated heterocycles. The van der Waals surface area contributed by atoms with Crippen LogP contribution in [0.15, 0.2) is 42.6 Å².